The van der Waals surface area contributed by atoms with Crippen LogP contribution in [0.2, 0.25) is 0 Å². The Morgan fingerprint density at radius 2 is 2.04 bits per heavy atom. The molecule has 0 aromatic heterocycles. The van der Waals surface area contributed by atoms with Crippen molar-refractivity contribution in [3.8, 4) is 5.75 Å². The summed E-state index contributed by atoms with van der Waals surface area (Å²) in [6.07, 6.45) is 3.90. The number of carbonyl (C=O) groups excluding carboxylic acids is 1. The molecule has 0 saturated carbocycles. The number of hydrogen-bond acceptors (Lipinski definition) is 4. The molecule has 2 aliphatic heterocycles. The van der Waals surface area contributed by atoms with Gasteiger partial charge in [-0.15, -0.1) is 12.4 Å². The van der Waals surface area contributed by atoms with E-state index in [-0.39, 0.29) is 30.3 Å². The topological polar surface area (TPSA) is 59.6 Å². The van der Waals surface area contributed by atoms with Crippen LogP contribution in [-0.4, -0.2) is 37.8 Å². The van der Waals surface area contributed by atoms with Crippen LogP contribution in [0.4, 0.5) is 5.69 Å². The zero-order valence-electron chi connectivity index (χ0n) is 15.0. The first-order valence-corrected chi connectivity index (χ1v) is 9.01. The number of benzene rings is 1. The van der Waals surface area contributed by atoms with Crippen molar-refractivity contribution in [2.45, 2.75) is 51.7 Å². The van der Waals surface area contributed by atoms with Crippen molar-refractivity contribution in [1.29, 1.82) is 0 Å². The van der Waals surface area contributed by atoms with Crippen LogP contribution in [0.1, 0.15) is 38.2 Å². The molecule has 1 aromatic carbocycles. The number of piperidine rings is 1. The van der Waals surface area contributed by atoms with Crippen molar-refractivity contribution in [2.24, 2.45) is 5.92 Å². The number of amides is 1. The Balaban J connectivity index is 0.00000225. The van der Waals surface area contributed by atoms with Crippen LogP contribution in [0.5, 0.6) is 5.75 Å². The molecule has 2 atom stereocenters. The molecule has 140 valence electrons. The molecule has 0 aliphatic carbocycles. The summed E-state index contributed by atoms with van der Waals surface area (Å²) in [5.41, 5.74) is 1.90. The van der Waals surface area contributed by atoms with Gasteiger partial charge in [0.2, 0.25) is 5.91 Å². The number of halogens is 1. The summed E-state index contributed by atoms with van der Waals surface area (Å²) >= 11 is 0. The van der Waals surface area contributed by atoms with Crippen LogP contribution in [0, 0.1) is 12.8 Å². The molecule has 2 heterocycles. The average Bonchev–Trinajstić information content (AvgIpc) is 2.58. The quantitative estimate of drug-likeness (QED) is 0.856. The van der Waals surface area contributed by atoms with Gasteiger partial charge in [-0.25, -0.2) is 0 Å². The monoisotopic (exact) mass is 368 g/mol. The van der Waals surface area contributed by atoms with E-state index in [2.05, 4.69) is 17.6 Å². The second kappa shape index (κ2) is 9.41. The first kappa shape index (κ1) is 20.0. The molecule has 1 amide bonds. The van der Waals surface area contributed by atoms with Gasteiger partial charge in [0.15, 0.2) is 0 Å². The number of aryl methyl sites for hydroxylation is 1. The van der Waals surface area contributed by atoms with Crippen LogP contribution in [-0.2, 0) is 9.53 Å². The zero-order valence-corrected chi connectivity index (χ0v) is 15.9. The molecule has 2 saturated heterocycles. The first-order chi connectivity index (χ1) is 11.6. The highest BCUT2D eigenvalue weighted by Gasteiger charge is 2.24. The Hall–Kier alpha value is -1.30. The molecule has 2 fully saturated rings. The molecular formula is C19H29ClN2O3. The third-order valence-corrected chi connectivity index (χ3v) is 4.90. The van der Waals surface area contributed by atoms with Crippen molar-refractivity contribution >= 4 is 24.0 Å². The lowest BCUT2D eigenvalue weighted by Crippen LogP contribution is -2.40. The Kier molecular flexibility index (Phi) is 7.54. The summed E-state index contributed by atoms with van der Waals surface area (Å²) in [5.74, 6) is 1.12. The molecule has 0 bridgehead atoms. The molecule has 6 heteroatoms. The number of nitrogens with one attached hydrogen (secondary N) is 2. The molecule has 25 heavy (non-hydrogen) atoms. The summed E-state index contributed by atoms with van der Waals surface area (Å²) in [5, 5.41) is 6.44. The van der Waals surface area contributed by atoms with Crippen molar-refractivity contribution in [1.82, 2.24) is 5.32 Å². The number of carbonyl (C=O) groups is 1. The summed E-state index contributed by atoms with van der Waals surface area (Å²) in [6, 6.07) is 6.30. The van der Waals surface area contributed by atoms with E-state index in [0.29, 0.717) is 6.04 Å². The average molecular weight is 369 g/mol. The maximum atomic E-state index is 12.4. The van der Waals surface area contributed by atoms with Gasteiger partial charge in [0.05, 0.1) is 13.2 Å². The first-order valence-electron chi connectivity index (χ1n) is 9.01. The smallest absolute Gasteiger partial charge is 0.227 e. The molecule has 3 rings (SSSR count). The lowest BCUT2D eigenvalue weighted by molar-refractivity contribution is -0.120. The van der Waals surface area contributed by atoms with Crippen molar-refractivity contribution in [2.75, 3.05) is 25.1 Å². The molecular weight excluding hydrogens is 340 g/mol. The highest BCUT2D eigenvalue weighted by molar-refractivity contribution is 5.92. The maximum Gasteiger partial charge on any atom is 0.227 e. The molecule has 0 spiro atoms. The van der Waals surface area contributed by atoms with Crippen molar-refractivity contribution < 1.29 is 14.3 Å². The lowest BCUT2D eigenvalue weighted by atomic mass is 9.92. The summed E-state index contributed by atoms with van der Waals surface area (Å²) in [4.78, 5) is 12.4. The molecule has 0 radical (unpaired) electrons. The Morgan fingerprint density at radius 3 is 2.72 bits per heavy atom. The lowest BCUT2D eigenvalue weighted by Gasteiger charge is -2.27. The van der Waals surface area contributed by atoms with Gasteiger partial charge < -0.3 is 20.1 Å². The summed E-state index contributed by atoms with van der Waals surface area (Å²) in [6.45, 7) is 6.61. The third kappa shape index (κ3) is 5.59. The Labute approximate surface area is 156 Å². The fourth-order valence-electron chi connectivity index (χ4n) is 3.45. The Morgan fingerprint density at radius 1 is 1.28 bits per heavy atom. The van der Waals surface area contributed by atoms with Gasteiger partial charge >= 0.3 is 0 Å². The molecule has 5 nitrogen and oxygen atoms in total. The molecule has 1 aromatic rings. The number of ether oxygens (including phenoxy) is 2. The summed E-state index contributed by atoms with van der Waals surface area (Å²) < 4.78 is 11.4. The van der Waals surface area contributed by atoms with Gasteiger partial charge in [0.1, 0.15) is 11.9 Å². The third-order valence-electron chi connectivity index (χ3n) is 4.90. The van der Waals surface area contributed by atoms with E-state index in [1.165, 1.54) is 0 Å². The minimum absolute atomic E-state index is 0. The van der Waals surface area contributed by atoms with Crippen LogP contribution < -0.4 is 15.4 Å². The van der Waals surface area contributed by atoms with Crippen molar-refractivity contribution in [3.63, 3.8) is 0 Å². The van der Waals surface area contributed by atoms with Crippen LogP contribution in [0.25, 0.3) is 0 Å². The highest BCUT2D eigenvalue weighted by atomic mass is 35.5. The van der Waals surface area contributed by atoms with E-state index >= 15 is 0 Å². The minimum atomic E-state index is 0. The van der Waals surface area contributed by atoms with E-state index in [4.69, 9.17) is 9.47 Å². The number of rotatable bonds is 4. The van der Waals surface area contributed by atoms with E-state index in [9.17, 15) is 4.79 Å². The van der Waals surface area contributed by atoms with Gasteiger partial charge in [-0.1, -0.05) is 0 Å². The molecule has 0 unspecified atom stereocenters. The van der Waals surface area contributed by atoms with E-state index in [0.717, 1.165) is 62.4 Å². The van der Waals surface area contributed by atoms with Gasteiger partial charge in [0, 0.05) is 30.5 Å². The maximum absolute atomic E-state index is 12.4. The molecule has 2 N–H and O–H groups in total. The predicted octanol–water partition coefficient (Wildman–Crippen LogP) is 3.30. The second-order valence-electron chi connectivity index (χ2n) is 6.98. The van der Waals surface area contributed by atoms with E-state index < -0.39 is 0 Å². The van der Waals surface area contributed by atoms with Crippen LogP contribution in [0.15, 0.2) is 18.2 Å². The number of anilines is 1. The van der Waals surface area contributed by atoms with E-state index in [1.54, 1.807) is 0 Å². The fourth-order valence-corrected chi connectivity index (χ4v) is 3.45. The second-order valence-corrected chi connectivity index (χ2v) is 6.98. The van der Waals surface area contributed by atoms with Gasteiger partial charge in [-0.3, -0.25) is 4.79 Å². The predicted molar refractivity (Wildman–Crippen MR) is 102 cm³/mol. The van der Waals surface area contributed by atoms with Gasteiger partial charge in [-0.05, 0) is 57.0 Å². The van der Waals surface area contributed by atoms with Crippen LogP contribution >= 0.6 is 12.4 Å². The molecule has 2 aliphatic rings. The van der Waals surface area contributed by atoms with Gasteiger partial charge in [-0.2, -0.15) is 0 Å². The standard InChI is InChI=1S/C19H28N2O3.ClH/c1-13-11-16(21-19(22)15-5-8-20-14(2)12-15)3-4-18(13)24-17-6-9-23-10-7-17;/h3-4,11,14-15,17,20H,5-10,12H2,1-2H3,(H,21,22);1H/t14-,15-;/m0./s1. The van der Waals surface area contributed by atoms with Crippen LogP contribution in [0.3, 0.4) is 0 Å². The highest BCUT2D eigenvalue weighted by Crippen LogP contribution is 2.26. The largest absolute Gasteiger partial charge is 0.490 e. The zero-order chi connectivity index (χ0) is 16.9. The normalized spacial score (nSPS) is 24.2. The summed E-state index contributed by atoms with van der Waals surface area (Å²) in [7, 11) is 0. The minimum Gasteiger partial charge on any atom is -0.490 e. The Bertz CT molecular complexity index is 576. The fraction of sp³-hybridized carbons (Fsp3) is 0.632. The van der Waals surface area contributed by atoms with Gasteiger partial charge in [0.25, 0.3) is 0 Å². The number of hydrogen-bond donors (Lipinski definition) is 2. The van der Waals surface area contributed by atoms with Crippen molar-refractivity contribution in [3.05, 3.63) is 23.8 Å². The van der Waals surface area contributed by atoms with E-state index in [1.807, 2.05) is 25.1 Å². The SMILES string of the molecule is Cc1cc(NC(=O)[C@H]2CCN[C@@H](C)C2)ccc1OC1CCOCC1.Cl.